The lowest BCUT2D eigenvalue weighted by atomic mass is 9.85. The van der Waals surface area contributed by atoms with Gasteiger partial charge in [0, 0.05) is 11.5 Å². The van der Waals surface area contributed by atoms with Crippen LogP contribution in [0.25, 0.3) is 5.65 Å². The third kappa shape index (κ3) is 4.91. The lowest BCUT2D eigenvalue weighted by Crippen LogP contribution is -2.36. The van der Waals surface area contributed by atoms with E-state index in [2.05, 4.69) is 30.8 Å². The van der Waals surface area contributed by atoms with Gasteiger partial charge in [-0.1, -0.05) is 45.0 Å². The third-order valence-corrected chi connectivity index (χ3v) is 6.17. The van der Waals surface area contributed by atoms with Crippen LogP contribution in [0.4, 0.5) is 10.6 Å². The predicted molar refractivity (Wildman–Crippen MR) is 138 cm³/mol. The molecule has 0 bridgehead atoms. The number of anilines is 1. The molecular weight excluding hydrogens is 452 g/mol. The van der Waals surface area contributed by atoms with E-state index in [-0.39, 0.29) is 29.3 Å². The Bertz CT molecular complexity index is 1430. The number of nitrogens with zero attached hydrogens (tertiary/aromatic N) is 5. The molecule has 3 aromatic heterocycles. The van der Waals surface area contributed by atoms with E-state index >= 15 is 0 Å². The third-order valence-electron chi connectivity index (χ3n) is 6.17. The van der Waals surface area contributed by atoms with Crippen molar-refractivity contribution >= 4 is 44.6 Å². The molecule has 1 aliphatic rings. The molecule has 4 radical (unpaired) electrons. The summed E-state index contributed by atoms with van der Waals surface area (Å²) in [7, 11) is 11.8. The first-order valence-corrected chi connectivity index (χ1v) is 11.8. The van der Waals surface area contributed by atoms with Crippen molar-refractivity contribution in [2.45, 2.75) is 51.2 Å². The molecule has 2 N–H and O–H groups in total. The fourth-order valence-electron chi connectivity index (χ4n) is 4.37. The lowest BCUT2D eigenvalue weighted by Gasteiger charge is -2.32. The highest BCUT2D eigenvalue weighted by molar-refractivity contribution is 6.29. The number of hydrogen-bond donors (Lipinski definition) is 2. The molecule has 1 aliphatic carbocycles. The first-order valence-electron chi connectivity index (χ1n) is 11.8. The number of amides is 2. The van der Waals surface area contributed by atoms with Crippen molar-refractivity contribution in [1.82, 2.24) is 29.9 Å². The van der Waals surface area contributed by atoms with Crippen LogP contribution in [0.5, 0.6) is 5.75 Å². The number of urea groups is 1. The molecule has 4 aromatic rings. The SMILES string of the molecule is [B]c1nc(NC(=O)N[C@H]2CC[C@@H](Oc3ccc4nnc([B])n4c3)c3ccccc32)cc(C(C)(C)C)n1. The van der Waals surface area contributed by atoms with E-state index < -0.39 is 0 Å². The molecule has 0 unspecified atom stereocenters. The van der Waals surface area contributed by atoms with Crippen molar-refractivity contribution in [3.8, 4) is 5.75 Å². The molecule has 0 spiro atoms. The Hall–Kier alpha value is -3.88. The van der Waals surface area contributed by atoms with Crippen molar-refractivity contribution in [1.29, 1.82) is 0 Å². The van der Waals surface area contributed by atoms with E-state index in [9.17, 15) is 4.79 Å². The number of ether oxygens (including phenoxy) is 1. The molecule has 5 rings (SSSR count). The summed E-state index contributed by atoms with van der Waals surface area (Å²) in [5.41, 5.74) is 3.62. The zero-order chi connectivity index (χ0) is 25.4. The smallest absolute Gasteiger partial charge is 0.320 e. The zero-order valence-corrected chi connectivity index (χ0v) is 20.4. The molecule has 0 saturated carbocycles. The molecule has 0 aliphatic heterocycles. The van der Waals surface area contributed by atoms with E-state index in [1.807, 2.05) is 57.2 Å². The Morgan fingerprint density at radius 1 is 1.06 bits per heavy atom. The number of rotatable bonds is 4. The number of pyridine rings is 1. The number of benzene rings is 1. The molecule has 2 atom stereocenters. The van der Waals surface area contributed by atoms with Gasteiger partial charge in [-0.05, 0) is 36.1 Å². The van der Waals surface area contributed by atoms with Gasteiger partial charge in [-0.25, -0.2) is 14.8 Å². The van der Waals surface area contributed by atoms with Gasteiger partial charge in [0.25, 0.3) is 0 Å². The summed E-state index contributed by atoms with van der Waals surface area (Å²) in [6.45, 7) is 6.07. The maximum atomic E-state index is 12.9. The van der Waals surface area contributed by atoms with E-state index in [1.165, 1.54) is 0 Å². The van der Waals surface area contributed by atoms with Crippen molar-refractivity contribution < 1.29 is 9.53 Å². The van der Waals surface area contributed by atoms with Gasteiger partial charge in [-0.3, -0.25) is 9.72 Å². The monoisotopic (exact) mass is 477 g/mol. The van der Waals surface area contributed by atoms with Gasteiger partial charge < -0.3 is 10.1 Å². The summed E-state index contributed by atoms with van der Waals surface area (Å²) >= 11 is 0. The second-order valence-corrected chi connectivity index (χ2v) is 9.86. The highest BCUT2D eigenvalue weighted by Crippen LogP contribution is 2.38. The number of carbonyl (C=O) groups is 1. The van der Waals surface area contributed by atoms with Gasteiger partial charge in [0.2, 0.25) is 0 Å². The maximum Gasteiger partial charge on any atom is 0.320 e. The van der Waals surface area contributed by atoms with Gasteiger partial charge in [0.1, 0.15) is 17.7 Å². The Balaban J connectivity index is 1.31. The fourth-order valence-corrected chi connectivity index (χ4v) is 4.37. The second kappa shape index (κ2) is 9.29. The molecule has 3 heterocycles. The molecule has 1 aromatic carbocycles. The van der Waals surface area contributed by atoms with Crippen molar-refractivity contribution in [2.24, 2.45) is 0 Å². The maximum absolute atomic E-state index is 12.9. The molecule has 36 heavy (non-hydrogen) atoms. The van der Waals surface area contributed by atoms with Crippen LogP contribution >= 0.6 is 0 Å². The largest absolute Gasteiger partial charge is 0.484 e. The van der Waals surface area contributed by atoms with Crippen LogP contribution in [0.15, 0.2) is 48.7 Å². The van der Waals surface area contributed by atoms with Gasteiger partial charge in [0.15, 0.2) is 21.3 Å². The highest BCUT2D eigenvalue weighted by atomic mass is 16.5. The number of aromatic nitrogens is 5. The molecule has 11 heteroatoms. The Labute approximate surface area is 211 Å². The molecule has 2 amide bonds. The quantitative estimate of drug-likeness (QED) is 0.437. The van der Waals surface area contributed by atoms with E-state index in [0.717, 1.165) is 16.8 Å². The normalized spacial score (nSPS) is 17.4. The minimum atomic E-state index is -0.360. The fraction of sp³-hybridized carbons (Fsp3) is 0.320. The van der Waals surface area contributed by atoms with Crippen LogP contribution in [-0.2, 0) is 5.41 Å². The van der Waals surface area contributed by atoms with Crippen molar-refractivity contribution in [3.63, 3.8) is 0 Å². The predicted octanol–water partition coefficient (Wildman–Crippen LogP) is 2.18. The minimum Gasteiger partial charge on any atom is -0.484 e. The van der Waals surface area contributed by atoms with Crippen LogP contribution in [-0.4, -0.2) is 46.3 Å². The second-order valence-electron chi connectivity index (χ2n) is 9.86. The molecule has 0 fully saturated rings. The summed E-state index contributed by atoms with van der Waals surface area (Å²) in [4.78, 5) is 21.3. The van der Waals surface area contributed by atoms with Crippen LogP contribution in [0.1, 0.15) is 62.6 Å². The molecule has 0 saturated heterocycles. The van der Waals surface area contributed by atoms with Crippen LogP contribution in [0, 0.1) is 0 Å². The Morgan fingerprint density at radius 3 is 2.61 bits per heavy atom. The summed E-state index contributed by atoms with van der Waals surface area (Å²) in [5, 5.41) is 13.8. The Kier molecular flexibility index (Phi) is 6.15. The van der Waals surface area contributed by atoms with Crippen molar-refractivity contribution in [2.75, 3.05) is 5.32 Å². The highest BCUT2D eigenvalue weighted by Gasteiger charge is 2.29. The average Bonchev–Trinajstić information content (AvgIpc) is 3.20. The van der Waals surface area contributed by atoms with E-state index in [4.69, 9.17) is 20.4 Å². The molecule has 178 valence electrons. The van der Waals surface area contributed by atoms with Gasteiger partial charge >= 0.3 is 6.03 Å². The average molecular weight is 477 g/mol. The summed E-state index contributed by atoms with van der Waals surface area (Å²) < 4.78 is 8.01. The van der Waals surface area contributed by atoms with Crippen molar-refractivity contribution in [3.05, 3.63) is 65.5 Å². The van der Waals surface area contributed by atoms with Crippen LogP contribution < -0.4 is 26.8 Å². The van der Waals surface area contributed by atoms with Crippen LogP contribution in [0.2, 0.25) is 0 Å². The zero-order valence-electron chi connectivity index (χ0n) is 20.4. The number of nitrogens with one attached hydrogen (secondary N) is 2. The molecule has 9 nitrogen and oxygen atoms in total. The number of carbonyl (C=O) groups excluding carboxylic acids is 1. The lowest BCUT2D eigenvalue weighted by molar-refractivity contribution is 0.172. The van der Waals surface area contributed by atoms with Gasteiger partial charge in [-0.15, -0.1) is 10.2 Å². The summed E-state index contributed by atoms with van der Waals surface area (Å²) in [6, 6.07) is 12.8. The van der Waals surface area contributed by atoms with E-state index in [1.54, 1.807) is 16.7 Å². The van der Waals surface area contributed by atoms with E-state index in [0.29, 0.717) is 35.8 Å². The minimum absolute atomic E-state index is 0.118. The van der Waals surface area contributed by atoms with Crippen LogP contribution in [0.3, 0.4) is 0 Å². The standard InChI is InChI=1S/C25H25B2N7O2/c1-25(2,3)19-12-20(30-22(26)29-19)31-24(35)28-17-9-10-18(16-7-5-4-6-15(16)17)36-14-8-11-21-32-33-23(27)34(21)13-14/h4-8,11-13,17-18H,9-10H2,1-3H3,(H2,28,29,30,31,35)/t17-,18+/m0/s1. The summed E-state index contributed by atoms with van der Waals surface area (Å²) in [5.74, 6) is 1.02. The van der Waals surface area contributed by atoms with Gasteiger partial charge in [-0.2, -0.15) is 0 Å². The summed E-state index contributed by atoms with van der Waals surface area (Å²) in [6.07, 6.45) is 3.02. The Morgan fingerprint density at radius 2 is 1.83 bits per heavy atom. The molecular formula is C25H25B2N7O2. The first-order chi connectivity index (χ1) is 17.2. The first kappa shape index (κ1) is 23.8. The topological polar surface area (TPSA) is 106 Å². The number of fused-ring (bicyclic) bond motifs is 2. The number of hydrogen-bond acceptors (Lipinski definition) is 6. The van der Waals surface area contributed by atoms with Gasteiger partial charge in [0.05, 0.1) is 29.4 Å².